The second-order valence-electron chi connectivity index (χ2n) is 6.23. The Labute approximate surface area is 135 Å². The zero-order chi connectivity index (χ0) is 16.1. The van der Waals surface area contributed by atoms with Crippen LogP contribution in [-0.2, 0) is 7.05 Å². The van der Waals surface area contributed by atoms with Gasteiger partial charge in [-0.15, -0.1) is 0 Å². The van der Waals surface area contributed by atoms with Gasteiger partial charge in [0.2, 0.25) is 11.1 Å². The molecule has 0 unspecified atom stereocenters. The highest BCUT2D eigenvalue weighted by atomic mass is 16.3. The van der Waals surface area contributed by atoms with Crippen molar-refractivity contribution in [2.75, 3.05) is 0 Å². The van der Waals surface area contributed by atoms with Gasteiger partial charge < -0.3 is 4.42 Å². The molecular formula is C20H19N2O+. The van der Waals surface area contributed by atoms with Crippen molar-refractivity contribution in [2.45, 2.75) is 20.8 Å². The first-order chi connectivity index (χ1) is 11.1. The van der Waals surface area contributed by atoms with Crippen LogP contribution in [0, 0.1) is 20.8 Å². The number of hydrogen-bond donors (Lipinski definition) is 0. The standard InChI is InChI=1S/C20H19N2O/c1-12-9-13(2)14(3)16(10-12)19-20-18(21-11-22(19)4)15-7-5-6-8-17(15)23-20/h5-11H,1-4H3/q+1. The number of nitrogens with zero attached hydrogens (tertiary/aromatic N) is 2. The average Bonchev–Trinajstić information content (AvgIpc) is 2.89. The lowest BCUT2D eigenvalue weighted by atomic mass is 9.97. The lowest BCUT2D eigenvalue weighted by molar-refractivity contribution is -0.662. The Morgan fingerprint density at radius 3 is 2.65 bits per heavy atom. The molecule has 3 nitrogen and oxygen atoms in total. The van der Waals surface area contributed by atoms with Gasteiger partial charge in [-0.3, -0.25) is 0 Å². The first-order valence-electron chi connectivity index (χ1n) is 7.80. The molecule has 0 spiro atoms. The van der Waals surface area contributed by atoms with Gasteiger partial charge in [0.15, 0.2) is 5.69 Å². The summed E-state index contributed by atoms with van der Waals surface area (Å²) in [6.45, 7) is 6.45. The van der Waals surface area contributed by atoms with Crippen molar-refractivity contribution < 1.29 is 8.98 Å². The fourth-order valence-electron chi connectivity index (χ4n) is 3.28. The summed E-state index contributed by atoms with van der Waals surface area (Å²) in [5, 5.41) is 1.06. The Balaban J connectivity index is 2.17. The third kappa shape index (κ3) is 2.04. The van der Waals surface area contributed by atoms with E-state index in [0.717, 1.165) is 27.8 Å². The predicted molar refractivity (Wildman–Crippen MR) is 92.3 cm³/mol. The van der Waals surface area contributed by atoms with E-state index >= 15 is 0 Å². The number of aromatic nitrogens is 2. The van der Waals surface area contributed by atoms with E-state index in [2.05, 4.69) is 44.0 Å². The monoisotopic (exact) mass is 303 g/mol. The Hall–Kier alpha value is -2.68. The molecule has 3 heteroatoms. The molecule has 0 saturated carbocycles. The maximum atomic E-state index is 6.17. The number of fused-ring (bicyclic) bond motifs is 3. The molecular weight excluding hydrogens is 284 g/mol. The molecule has 0 N–H and O–H groups in total. The fourth-order valence-corrected chi connectivity index (χ4v) is 3.28. The number of para-hydroxylation sites is 1. The van der Waals surface area contributed by atoms with E-state index < -0.39 is 0 Å². The van der Waals surface area contributed by atoms with Gasteiger partial charge in [0.05, 0.1) is 12.4 Å². The SMILES string of the molecule is Cc1cc(C)c(C)c(-c2c3oc4ccccc4c3nc[n+]2C)c1. The highest BCUT2D eigenvalue weighted by molar-refractivity contribution is 6.05. The highest BCUT2D eigenvalue weighted by Crippen LogP contribution is 2.34. The Morgan fingerprint density at radius 1 is 1.04 bits per heavy atom. The smallest absolute Gasteiger partial charge is 0.287 e. The number of furan rings is 1. The third-order valence-corrected chi connectivity index (χ3v) is 4.56. The first kappa shape index (κ1) is 13.9. The minimum absolute atomic E-state index is 0.851. The molecule has 4 aromatic rings. The zero-order valence-corrected chi connectivity index (χ0v) is 13.8. The predicted octanol–water partition coefficient (Wildman–Crippen LogP) is 4.40. The van der Waals surface area contributed by atoms with Gasteiger partial charge >= 0.3 is 0 Å². The van der Waals surface area contributed by atoms with Gasteiger partial charge in [-0.25, -0.2) is 4.57 Å². The first-order valence-corrected chi connectivity index (χ1v) is 7.80. The molecule has 0 fully saturated rings. The molecule has 23 heavy (non-hydrogen) atoms. The van der Waals surface area contributed by atoms with Crippen LogP contribution in [0.5, 0.6) is 0 Å². The molecule has 0 bridgehead atoms. The molecule has 0 aliphatic heterocycles. The van der Waals surface area contributed by atoms with E-state index in [-0.39, 0.29) is 0 Å². The second kappa shape index (κ2) is 4.92. The summed E-state index contributed by atoms with van der Waals surface area (Å²) in [7, 11) is 2.02. The van der Waals surface area contributed by atoms with Gasteiger partial charge in [0, 0.05) is 5.56 Å². The van der Waals surface area contributed by atoms with E-state index in [0.29, 0.717) is 0 Å². The Morgan fingerprint density at radius 2 is 1.83 bits per heavy atom. The van der Waals surface area contributed by atoms with Crippen molar-refractivity contribution in [1.29, 1.82) is 0 Å². The van der Waals surface area contributed by atoms with Crippen LogP contribution in [0.15, 0.2) is 47.1 Å². The van der Waals surface area contributed by atoms with Gasteiger partial charge in [0.25, 0.3) is 6.33 Å². The minimum Gasteiger partial charge on any atom is -0.447 e. The molecule has 114 valence electrons. The maximum absolute atomic E-state index is 6.17. The van der Waals surface area contributed by atoms with Crippen molar-refractivity contribution in [2.24, 2.45) is 7.05 Å². The summed E-state index contributed by atoms with van der Waals surface area (Å²) in [5.74, 6) is 0. The molecule has 2 heterocycles. The van der Waals surface area contributed by atoms with Crippen LogP contribution < -0.4 is 4.57 Å². The molecule has 4 rings (SSSR count). The van der Waals surface area contributed by atoms with Crippen molar-refractivity contribution in [3.63, 3.8) is 0 Å². The lowest BCUT2D eigenvalue weighted by Gasteiger charge is -2.10. The van der Waals surface area contributed by atoms with Crippen molar-refractivity contribution in [3.05, 3.63) is 59.4 Å². The van der Waals surface area contributed by atoms with Crippen LogP contribution in [0.1, 0.15) is 16.7 Å². The third-order valence-electron chi connectivity index (χ3n) is 4.56. The summed E-state index contributed by atoms with van der Waals surface area (Å²) in [5.41, 5.74) is 8.76. The quantitative estimate of drug-likeness (QED) is 0.488. The van der Waals surface area contributed by atoms with E-state index in [1.165, 1.54) is 22.3 Å². The molecule has 0 radical (unpaired) electrons. The summed E-state index contributed by atoms with van der Waals surface area (Å²) in [6, 6.07) is 12.5. The van der Waals surface area contributed by atoms with E-state index in [1.54, 1.807) is 0 Å². The van der Waals surface area contributed by atoms with Gasteiger partial charge in [-0.1, -0.05) is 23.8 Å². The van der Waals surface area contributed by atoms with Gasteiger partial charge in [-0.05, 0) is 55.1 Å². The summed E-state index contributed by atoms with van der Waals surface area (Å²) < 4.78 is 8.22. The van der Waals surface area contributed by atoms with Crippen molar-refractivity contribution in [1.82, 2.24) is 4.98 Å². The number of hydrogen-bond acceptors (Lipinski definition) is 2. The molecule has 0 aliphatic rings. The normalized spacial score (nSPS) is 11.5. The topological polar surface area (TPSA) is 29.9 Å². The second-order valence-corrected chi connectivity index (χ2v) is 6.23. The van der Waals surface area contributed by atoms with E-state index in [4.69, 9.17) is 4.42 Å². The van der Waals surface area contributed by atoms with Crippen LogP contribution in [0.4, 0.5) is 0 Å². The largest absolute Gasteiger partial charge is 0.447 e. The highest BCUT2D eigenvalue weighted by Gasteiger charge is 2.23. The summed E-state index contributed by atoms with van der Waals surface area (Å²) >= 11 is 0. The van der Waals surface area contributed by atoms with Crippen molar-refractivity contribution >= 4 is 22.1 Å². The number of benzene rings is 2. The lowest BCUT2D eigenvalue weighted by Crippen LogP contribution is -2.31. The molecule has 0 amide bonds. The number of rotatable bonds is 1. The zero-order valence-electron chi connectivity index (χ0n) is 13.8. The summed E-state index contributed by atoms with van der Waals surface area (Å²) in [6.07, 6.45) is 1.87. The molecule has 0 atom stereocenters. The maximum Gasteiger partial charge on any atom is 0.287 e. The van der Waals surface area contributed by atoms with Crippen LogP contribution in [-0.4, -0.2) is 4.98 Å². The molecule has 2 aromatic heterocycles. The van der Waals surface area contributed by atoms with Crippen LogP contribution in [0.3, 0.4) is 0 Å². The van der Waals surface area contributed by atoms with E-state index in [9.17, 15) is 0 Å². The minimum atomic E-state index is 0.851. The van der Waals surface area contributed by atoms with Crippen molar-refractivity contribution in [3.8, 4) is 11.3 Å². The van der Waals surface area contributed by atoms with Crippen LogP contribution in [0.25, 0.3) is 33.3 Å². The van der Waals surface area contributed by atoms with Crippen LogP contribution >= 0.6 is 0 Å². The Bertz CT molecular complexity index is 1060. The summed E-state index contributed by atoms with van der Waals surface area (Å²) in [4.78, 5) is 4.60. The Kier molecular flexibility index (Phi) is 2.98. The molecule has 0 saturated heterocycles. The van der Waals surface area contributed by atoms with Crippen LogP contribution in [0.2, 0.25) is 0 Å². The van der Waals surface area contributed by atoms with Gasteiger partial charge in [0.1, 0.15) is 5.58 Å². The average molecular weight is 303 g/mol. The fraction of sp³-hybridized carbons (Fsp3) is 0.200. The van der Waals surface area contributed by atoms with Gasteiger partial charge in [-0.2, -0.15) is 0 Å². The molecule has 2 aromatic carbocycles. The molecule has 0 aliphatic carbocycles. The van der Waals surface area contributed by atoms with E-state index in [1.807, 2.05) is 36.1 Å². The number of aryl methyl sites for hydroxylation is 3.